The average molecular weight is 339 g/mol. The highest BCUT2D eigenvalue weighted by Crippen LogP contribution is 2.32. The second kappa shape index (κ2) is 7.01. The Labute approximate surface area is 142 Å². The van der Waals surface area contributed by atoms with Gasteiger partial charge in [0.05, 0.1) is 5.60 Å². The molecule has 0 saturated carbocycles. The number of ether oxygens (including phenoxy) is 1. The van der Waals surface area contributed by atoms with Crippen LogP contribution in [-0.4, -0.2) is 26.4 Å². The Morgan fingerprint density at radius 2 is 1.74 bits per heavy atom. The molecule has 1 N–H and O–H groups in total. The van der Waals surface area contributed by atoms with Gasteiger partial charge in [0, 0.05) is 11.8 Å². The number of anilines is 1. The van der Waals surface area contributed by atoms with Crippen LogP contribution in [0.4, 0.5) is 10.6 Å². The monoisotopic (exact) mass is 338 g/mol. The van der Waals surface area contributed by atoms with Crippen LogP contribution in [0.2, 0.25) is 5.04 Å². The van der Waals surface area contributed by atoms with Crippen molar-refractivity contribution in [2.75, 3.05) is 5.32 Å². The van der Waals surface area contributed by atoms with Crippen LogP contribution in [0.1, 0.15) is 61.0 Å². The molecule has 0 aromatic carbocycles. The summed E-state index contributed by atoms with van der Waals surface area (Å²) in [5.41, 5.74) is -0.218. The minimum Gasteiger partial charge on any atom is -0.444 e. The summed E-state index contributed by atoms with van der Waals surface area (Å²) < 4.78 is 11.5. The van der Waals surface area contributed by atoms with Crippen LogP contribution in [0.15, 0.2) is 18.3 Å². The highest BCUT2D eigenvalue weighted by Gasteiger charge is 2.28. The van der Waals surface area contributed by atoms with E-state index in [2.05, 4.69) is 31.1 Å². The predicted octanol–water partition coefficient (Wildman–Crippen LogP) is 3.98. The molecular weight excluding hydrogens is 308 g/mol. The molecule has 5 nitrogen and oxygen atoms in total. The second-order valence-electron chi connectivity index (χ2n) is 8.39. The largest absolute Gasteiger partial charge is 0.444 e. The molecule has 23 heavy (non-hydrogen) atoms. The Morgan fingerprint density at radius 1 is 1.13 bits per heavy atom. The summed E-state index contributed by atoms with van der Waals surface area (Å²) >= 11 is 0. The molecule has 1 rings (SSSR count). The van der Waals surface area contributed by atoms with Gasteiger partial charge < -0.3 is 9.16 Å². The fraction of sp³-hybridized carbons (Fsp3) is 0.647. The van der Waals surface area contributed by atoms with Crippen molar-refractivity contribution in [3.8, 4) is 0 Å². The number of aromatic nitrogens is 1. The molecule has 1 amide bonds. The lowest BCUT2D eigenvalue weighted by atomic mass is 9.99. The van der Waals surface area contributed by atoms with Crippen LogP contribution >= 0.6 is 0 Å². The highest BCUT2D eigenvalue weighted by molar-refractivity contribution is 6.31. The number of nitrogens with zero attached hydrogens (tertiary/aromatic N) is 1. The van der Waals surface area contributed by atoms with E-state index in [-0.39, 0.29) is 5.04 Å². The first-order valence-electron chi connectivity index (χ1n) is 7.90. The zero-order valence-corrected chi connectivity index (χ0v) is 17.0. The lowest BCUT2D eigenvalue weighted by Crippen LogP contribution is -2.31. The van der Waals surface area contributed by atoms with Gasteiger partial charge >= 0.3 is 6.09 Å². The molecule has 1 aromatic heterocycles. The van der Waals surface area contributed by atoms with Gasteiger partial charge in [0.25, 0.3) is 0 Å². The Bertz CT molecular complexity index is 546. The fourth-order valence-corrected chi connectivity index (χ4v) is 2.82. The smallest absolute Gasteiger partial charge is 0.413 e. The van der Waals surface area contributed by atoms with Gasteiger partial charge in [0.1, 0.15) is 11.4 Å². The van der Waals surface area contributed by atoms with E-state index >= 15 is 0 Å². The molecule has 1 aromatic rings. The van der Waals surface area contributed by atoms with Crippen LogP contribution in [0, 0.1) is 0 Å². The summed E-state index contributed by atoms with van der Waals surface area (Å²) in [5.74, 6) is 0.481. The molecule has 0 atom stereocenters. The van der Waals surface area contributed by atoms with E-state index in [0.29, 0.717) is 5.82 Å². The van der Waals surface area contributed by atoms with Crippen molar-refractivity contribution in [3.63, 3.8) is 0 Å². The van der Waals surface area contributed by atoms with Crippen molar-refractivity contribution < 1.29 is 14.0 Å². The lowest BCUT2D eigenvalue weighted by molar-refractivity contribution is 0.0633. The van der Waals surface area contributed by atoms with Gasteiger partial charge in [-0.3, -0.25) is 5.32 Å². The number of amides is 1. The van der Waals surface area contributed by atoms with E-state index < -0.39 is 27.1 Å². The van der Waals surface area contributed by atoms with Gasteiger partial charge in [-0.15, -0.1) is 0 Å². The lowest BCUT2D eigenvalue weighted by Gasteiger charge is -2.31. The number of hydrogen-bond acceptors (Lipinski definition) is 4. The van der Waals surface area contributed by atoms with Crippen molar-refractivity contribution in [2.45, 2.75) is 71.6 Å². The maximum absolute atomic E-state index is 12.0. The van der Waals surface area contributed by atoms with Gasteiger partial charge in [-0.25, -0.2) is 9.78 Å². The molecule has 0 aliphatic heterocycles. The average Bonchev–Trinajstić information content (AvgIpc) is 2.34. The molecule has 0 fully saturated rings. The maximum Gasteiger partial charge on any atom is 0.413 e. The zero-order chi connectivity index (χ0) is 17.9. The number of rotatable bonds is 4. The van der Waals surface area contributed by atoms with Gasteiger partial charge in [0.2, 0.25) is 0 Å². The molecule has 130 valence electrons. The van der Waals surface area contributed by atoms with Crippen LogP contribution in [0.25, 0.3) is 0 Å². The Hall–Kier alpha value is -1.40. The molecule has 0 aliphatic carbocycles. The van der Waals surface area contributed by atoms with E-state index in [0.717, 1.165) is 5.56 Å². The summed E-state index contributed by atoms with van der Waals surface area (Å²) in [5, 5.41) is 2.93. The van der Waals surface area contributed by atoms with Gasteiger partial charge in [-0.05, 0) is 45.7 Å². The third-order valence-electron chi connectivity index (χ3n) is 2.94. The molecule has 1 heterocycles. The third-order valence-corrected chi connectivity index (χ3v) is 4.67. The first kappa shape index (κ1) is 19.6. The summed E-state index contributed by atoms with van der Waals surface area (Å²) in [6.07, 6.45) is 1.13. The minimum absolute atomic E-state index is 0.193. The fourth-order valence-electron chi connectivity index (χ4n) is 1.87. The summed E-state index contributed by atoms with van der Waals surface area (Å²) in [6, 6.07) is 3.77. The molecular formula is C17H30N2O3Si. The molecule has 6 heteroatoms. The van der Waals surface area contributed by atoms with Crippen LogP contribution in [0.3, 0.4) is 0 Å². The van der Waals surface area contributed by atoms with Gasteiger partial charge in [-0.2, -0.15) is 0 Å². The van der Waals surface area contributed by atoms with E-state index in [1.165, 1.54) is 0 Å². The van der Waals surface area contributed by atoms with E-state index in [1.807, 2.05) is 46.8 Å². The number of pyridine rings is 1. The molecule has 0 unspecified atom stereocenters. The first-order chi connectivity index (χ1) is 10.3. The molecule has 0 aliphatic rings. The van der Waals surface area contributed by atoms with Crippen molar-refractivity contribution in [1.29, 1.82) is 0 Å². The quantitative estimate of drug-likeness (QED) is 0.844. The zero-order valence-electron chi connectivity index (χ0n) is 15.6. The van der Waals surface area contributed by atoms with E-state index in [9.17, 15) is 4.79 Å². The Kier molecular flexibility index (Phi) is 5.98. The van der Waals surface area contributed by atoms with Crippen LogP contribution < -0.4 is 5.32 Å². The number of carbonyl (C=O) groups is 1. The van der Waals surface area contributed by atoms with Gasteiger partial charge in [0.15, 0.2) is 9.76 Å². The van der Waals surface area contributed by atoms with Crippen molar-refractivity contribution in [2.24, 2.45) is 0 Å². The van der Waals surface area contributed by atoms with Crippen LogP contribution in [-0.2, 0) is 14.8 Å². The minimum atomic E-state index is -0.741. The normalized spacial score (nSPS) is 13.4. The highest BCUT2D eigenvalue weighted by atomic mass is 28.2. The summed E-state index contributed by atoms with van der Waals surface area (Å²) in [7, 11) is -0.741. The third kappa shape index (κ3) is 7.13. The Morgan fingerprint density at radius 3 is 2.26 bits per heavy atom. The Balaban J connectivity index is 2.94. The van der Waals surface area contributed by atoms with E-state index in [1.54, 1.807) is 6.20 Å². The molecule has 0 radical (unpaired) electrons. The molecule has 0 bridgehead atoms. The number of carbonyl (C=O) groups excluding carboxylic acids is 1. The second-order valence-corrected chi connectivity index (χ2v) is 11.1. The predicted molar refractivity (Wildman–Crippen MR) is 96.5 cm³/mol. The van der Waals surface area contributed by atoms with Crippen molar-refractivity contribution in [3.05, 3.63) is 23.9 Å². The van der Waals surface area contributed by atoms with Crippen LogP contribution in [0.5, 0.6) is 0 Å². The van der Waals surface area contributed by atoms with Gasteiger partial charge in [-0.1, -0.05) is 26.8 Å². The molecule has 0 spiro atoms. The topological polar surface area (TPSA) is 60.5 Å². The summed E-state index contributed by atoms with van der Waals surface area (Å²) in [6.45, 7) is 16.0. The standard InChI is InChI=1S/C17H30N2O3Si/c1-15(2,3)21-14(20)19-13-12(10-9-11-18-13)17(7,8)22-23-16(4,5)6/h9-11H,23H2,1-8H3,(H,18,19,20). The summed E-state index contributed by atoms with van der Waals surface area (Å²) in [4.78, 5) is 16.3. The van der Waals surface area contributed by atoms with Crippen molar-refractivity contribution in [1.82, 2.24) is 4.98 Å². The van der Waals surface area contributed by atoms with Crippen molar-refractivity contribution >= 4 is 21.7 Å². The number of hydrogen-bond donors (Lipinski definition) is 1. The SMILES string of the molecule is CC(C)(C)OC(=O)Nc1ncccc1C(C)(C)O[SiH2]C(C)(C)C. The van der Waals surface area contributed by atoms with E-state index in [4.69, 9.17) is 9.16 Å². The number of nitrogens with one attached hydrogen (secondary N) is 1. The first-order valence-corrected chi connectivity index (χ1v) is 9.18. The molecule has 0 saturated heterocycles. The maximum atomic E-state index is 12.0.